The molecule has 2 nitrogen and oxygen atoms in total. The smallest absolute Gasteiger partial charge is 0.364 e. The molecule has 0 aromatic carbocycles. The van der Waals surface area contributed by atoms with Crippen molar-refractivity contribution in [1.82, 2.24) is 0 Å². The van der Waals surface area contributed by atoms with Crippen LogP contribution in [0.2, 0.25) is 0 Å². The standard InChI is InChI=1S/C6H10F3NO/c1-3-2-4(10)5(11-3)6(7,8)9/h3-5H,2,10H2,1H3/t3-,4-,5-/m1/s1. The normalized spacial score (nSPS) is 39.5. The molecular weight excluding hydrogens is 159 g/mol. The minimum Gasteiger partial charge on any atom is -0.364 e. The summed E-state index contributed by atoms with van der Waals surface area (Å²) in [4.78, 5) is 0. The number of alkyl halides is 3. The first kappa shape index (κ1) is 8.80. The molecule has 0 amide bonds. The molecule has 0 saturated carbocycles. The summed E-state index contributed by atoms with van der Waals surface area (Å²) in [5.41, 5.74) is 5.21. The van der Waals surface area contributed by atoms with E-state index in [1.807, 2.05) is 0 Å². The van der Waals surface area contributed by atoms with Crippen LogP contribution in [0.5, 0.6) is 0 Å². The molecule has 66 valence electrons. The summed E-state index contributed by atoms with van der Waals surface area (Å²) < 4.78 is 40.5. The zero-order valence-corrected chi connectivity index (χ0v) is 6.06. The lowest BCUT2D eigenvalue weighted by Crippen LogP contribution is -2.41. The van der Waals surface area contributed by atoms with E-state index in [2.05, 4.69) is 4.74 Å². The van der Waals surface area contributed by atoms with E-state index in [-0.39, 0.29) is 12.5 Å². The number of rotatable bonds is 0. The Balaban J connectivity index is 2.60. The van der Waals surface area contributed by atoms with Crippen molar-refractivity contribution in [2.45, 2.75) is 37.8 Å². The van der Waals surface area contributed by atoms with Crippen molar-refractivity contribution < 1.29 is 17.9 Å². The predicted molar refractivity (Wildman–Crippen MR) is 33.0 cm³/mol. The van der Waals surface area contributed by atoms with Crippen LogP contribution in [0.3, 0.4) is 0 Å². The first-order valence-corrected chi connectivity index (χ1v) is 3.39. The quantitative estimate of drug-likeness (QED) is 0.588. The van der Waals surface area contributed by atoms with Crippen molar-refractivity contribution >= 4 is 0 Å². The van der Waals surface area contributed by atoms with Gasteiger partial charge in [0.2, 0.25) is 0 Å². The fourth-order valence-electron chi connectivity index (χ4n) is 1.23. The maximum atomic E-state index is 12.0. The minimum atomic E-state index is -4.32. The monoisotopic (exact) mass is 169 g/mol. The molecule has 0 aromatic rings. The lowest BCUT2D eigenvalue weighted by molar-refractivity contribution is -0.216. The van der Waals surface area contributed by atoms with Gasteiger partial charge < -0.3 is 10.5 Å². The third-order valence-electron chi connectivity index (χ3n) is 1.69. The fourth-order valence-corrected chi connectivity index (χ4v) is 1.23. The van der Waals surface area contributed by atoms with Gasteiger partial charge in [-0.1, -0.05) is 0 Å². The molecule has 11 heavy (non-hydrogen) atoms. The second kappa shape index (κ2) is 2.64. The molecule has 5 heteroatoms. The van der Waals surface area contributed by atoms with Crippen molar-refractivity contribution in [2.75, 3.05) is 0 Å². The van der Waals surface area contributed by atoms with Crippen LogP contribution in [0.25, 0.3) is 0 Å². The Morgan fingerprint density at radius 2 is 2.00 bits per heavy atom. The van der Waals surface area contributed by atoms with Crippen LogP contribution in [0, 0.1) is 0 Å². The molecule has 0 radical (unpaired) electrons. The number of ether oxygens (including phenoxy) is 1. The summed E-state index contributed by atoms with van der Waals surface area (Å²) in [7, 11) is 0. The third-order valence-corrected chi connectivity index (χ3v) is 1.69. The highest BCUT2D eigenvalue weighted by Gasteiger charge is 2.49. The molecule has 1 saturated heterocycles. The highest BCUT2D eigenvalue weighted by Crippen LogP contribution is 2.32. The highest BCUT2D eigenvalue weighted by atomic mass is 19.4. The van der Waals surface area contributed by atoms with E-state index in [1.54, 1.807) is 6.92 Å². The predicted octanol–water partition coefficient (Wildman–Crippen LogP) is 1.05. The van der Waals surface area contributed by atoms with E-state index in [9.17, 15) is 13.2 Å². The average Bonchev–Trinajstić information content (AvgIpc) is 2.08. The lowest BCUT2D eigenvalue weighted by atomic mass is 10.1. The van der Waals surface area contributed by atoms with Gasteiger partial charge in [-0.15, -0.1) is 0 Å². The summed E-state index contributed by atoms with van der Waals surface area (Å²) in [5.74, 6) is 0. The molecule has 1 heterocycles. The Hall–Kier alpha value is -0.290. The van der Waals surface area contributed by atoms with Gasteiger partial charge in [0, 0.05) is 6.04 Å². The second-order valence-electron chi connectivity index (χ2n) is 2.81. The van der Waals surface area contributed by atoms with Gasteiger partial charge in [-0.25, -0.2) is 0 Å². The van der Waals surface area contributed by atoms with Crippen molar-refractivity contribution in [3.8, 4) is 0 Å². The van der Waals surface area contributed by atoms with E-state index in [0.29, 0.717) is 0 Å². The molecule has 1 fully saturated rings. The molecule has 0 aliphatic carbocycles. The van der Waals surface area contributed by atoms with Gasteiger partial charge in [0.05, 0.1) is 6.10 Å². The van der Waals surface area contributed by atoms with Crippen LogP contribution in [-0.4, -0.2) is 24.4 Å². The zero-order chi connectivity index (χ0) is 8.65. The second-order valence-corrected chi connectivity index (χ2v) is 2.81. The van der Waals surface area contributed by atoms with Crippen LogP contribution in [0.1, 0.15) is 13.3 Å². The van der Waals surface area contributed by atoms with Crippen molar-refractivity contribution in [1.29, 1.82) is 0 Å². The average molecular weight is 169 g/mol. The Kier molecular flexibility index (Phi) is 2.11. The number of halogens is 3. The Morgan fingerprint density at radius 3 is 2.18 bits per heavy atom. The Bertz CT molecular complexity index is 147. The third kappa shape index (κ3) is 1.84. The van der Waals surface area contributed by atoms with Crippen LogP contribution >= 0.6 is 0 Å². The maximum Gasteiger partial charge on any atom is 0.416 e. The summed E-state index contributed by atoms with van der Waals surface area (Å²) >= 11 is 0. The first-order chi connectivity index (χ1) is 4.91. The van der Waals surface area contributed by atoms with Gasteiger partial charge in [-0.2, -0.15) is 13.2 Å². The first-order valence-electron chi connectivity index (χ1n) is 3.39. The highest BCUT2D eigenvalue weighted by molar-refractivity contribution is 4.87. The van der Waals surface area contributed by atoms with Gasteiger partial charge in [0.25, 0.3) is 0 Å². The summed E-state index contributed by atoms with van der Waals surface area (Å²) in [5, 5.41) is 0. The van der Waals surface area contributed by atoms with Gasteiger partial charge in [0.1, 0.15) is 0 Å². The van der Waals surface area contributed by atoms with Crippen LogP contribution < -0.4 is 5.73 Å². The molecule has 0 spiro atoms. The maximum absolute atomic E-state index is 12.0. The largest absolute Gasteiger partial charge is 0.416 e. The Morgan fingerprint density at radius 1 is 1.45 bits per heavy atom. The van der Waals surface area contributed by atoms with E-state index in [0.717, 1.165) is 0 Å². The van der Waals surface area contributed by atoms with Gasteiger partial charge in [-0.3, -0.25) is 0 Å². The van der Waals surface area contributed by atoms with Crippen molar-refractivity contribution in [3.05, 3.63) is 0 Å². The van der Waals surface area contributed by atoms with Gasteiger partial charge >= 0.3 is 6.18 Å². The van der Waals surface area contributed by atoms with E-state index >= 15 is 0 Å². The molecule has 1 aliphatic rings. The minimum absolute atomic E-state index is 0.282. The zero-order valence-electron chi connectivity index (χ0n) is 6.06. The van der Waals surface area contributed by atoms with E-state index in [1.165, 1.54) is 0 Å². The summed E-state index contributed by atoms with van der Waals surface area (Å²) in [6, 6.07) is -0.898. The summed E-state index contributed by atoms with van der Waals surface area (Å²) in [6.45, 7) is 1.59. The molecule has 3 atom stereocenters. The van der Waals surface area contributed by atoms with Crippen LogP contribution in [0.15, 0.2) is 0 Å². The Labute approximate surface area is 62.5 Å². The number of hydrogen-bond acceptors (Lipinski definition) is 2. The molecule has 1 rings (SSSR count). The molecule has 0 unspecified atom stereocenters. The molecule has 2 N–H and O–H groups in total. The molecule has 0 bridgehead atoms. The van der Waals surface area contributed by atoms with E-state index < -0.39 is 18.3 Å². The van der Waals surface area contributed by atoms with Gasteiger partial charge in [0.15, 0.2) is 6.10 Å². The van der Waals surface area contributed by atoms with Crippen LogP contribution in [-0.2, 0) is 4.74 Å². The lowest BCUT2D eigenvalue weighted by Gasteiger charge is -2.17. The van der Waals surface area contributed by atoms with Crippen LogP contribution in [0.4, 0.5) is 13.2 Å². The SMILES string of the molecule is C[C@@H]1C[C@@H](N)[C@H](C(F)(F)F)O1. The topological polar surface area (TPSA) is 35.2 Å². The fraction of sp³-hybridized carbons (Fsp3) is 1.00. The summed E-state index contributed by atoms with van der Waals surface area (Å²) in [6.07, 6.45) is -6.18. The molecule has 0 aromatic heterocycles. The van der Waals surface area contributed by atoms with Gasteiger partial charge in [-0.05, 0) is 13.3 Å². The number of nitrogens with two attached hydrogens (primary N) is 1. The number of hydrogen-bond donors (Lipinski definition) is 1. The van der Waals surface area contributed by atoms with Crippen molar-refractivity contribution in [3.63, 3.8) is 0 Å². The molecule has 1 aliphatic heterocycles. The van der Waals surface area contributed by atoms with Crippen molar-refractivity contribution in [2.24, 2.45) is 5.73 Å². The van der Waals surface area contributed by atoms with E-state index in [4.69, 9.17) is 5.73 Å². The molecular formula is C6H10F3NO.